The molecule has 4 aromatic rings. The largest absolute Gasteiger partial charge is 0.388 e. The molecule has 2 N–H and O–H groups in total. The van der Waals surface area contributed by atoms with Gasteiger partial charge in [0.15, 0.2) is 5.65 Å². The molecule has 2 fully saturated rings. The summed E-state index contributed by atoms with van der Waals surface area (Å²) in [5.74, 6) is 0.206. The van der Waals surface area contributed by atoms with Gasteiger partial charge in [0, 0.05) is 37.4 Å². The number of benzene rings is 2. The van der Waals surface area contributed by atoms with Crippen molar-refractivity contribution < 1.29 is 14.7 Å². The Morgan fingerprint density at radius 1 is 1.07 bits per heavy atom. The smallest absolute Gasteiger partial charge is 0.264 e. The van der Waals surface area contributed by atoms with Crippen molar-refractivity contribution >= 4 is 34.2 Å². The molecule has 0 radical (unpaired) electrons. The van der Waals surface area contributed by atoms with Gasteiger partial charge >= 0.3 is 0 Å². The van der Waals surface area contributed by atoms with Crippen LogP contribution < -0.4 is 15.8 Å². The molecular formula is C30H33N7O4. The summed E-state index contributed by atoms with van der Waals surface area (Å²) < 4.78 is 3.00. The Bertz CT molecular complexity index is 1620. The average molecular weight is 556 g/mol. The van der Waals surface area contributed by atoms with Crippen LogP contribution in [-0.2, 0) is 16.1 Å². The van der Waals surface area contributed by atoms with Crippen molar-refractivity contribution in [2.24, 2.45) is 5.92 Å². The van der Waals surface area contributed by atoms with Crippen LogP contribution in [0.5, 0.6) is 0 Å². The van der Waals surface area contributed by atoms with Crippen LogP contribution in [0.3, 0.4) is 0 Å². The van der Waals surface area contributed by atoms with Crippen molar-refractivity contribution in [3.8, 4) is 5.69 Å². The number of piperidine rings is 1. The number of rotatable bonds is 8. The van der Waals surface area contributed by atoms with Crippen LogP contribution in [0.25, 0.3) is 16.7 Å². The number of fused-ring (bicyclic) bond motifs is 1. The zero-order chi connectivity index (χ0) is 28.6. The van der Waals surface area contributed by atoms with Crippen LogP contribution in [0.1, 0.15) is 25.7 Å². The lowest BCUT2D eigenvalue weighted by Gasteiger charge is -2.38. The van der Waals surface area contributed by atoms with Crippen molar-refractivity contribution in [2.75, 3.05) is 36.9 Å². The first-order chi connectivity index (χ1) is 19.8. The Morgan fingerprint density at radius 3 is 2.46 bits per heavy atom. The van der Waals surface area contributed by atoms with E-state index in [0.29, 0.717) is 48.3 Å². The van der Waals surface area contributed by atoms with E-state index in [0.717, 1.165) is 18.5 Å². The second-order valence-electron chi connectivity index (χ2n) is 11.1. The van der Waals surface area contributed by atoms with Gasteiger partial charge in [-0.1, -0.05) is 18.2 Å². The maximum Gasteiger partial charge on any atom is 0.264 e. The van der Waals surface area contributed by atoms with Crippen molar-refractivity contribution in [1.29, 1.82) is 0 Å². The number of nitrogens with zero attached hydrogens (tertiary/aromatic N) is 6. The maximum absolute atomic E-state index is 13.3. The number of aliphatic hydroxyl groups is 1. The Morgan fingerprint density at radius 2 is 1.78 bits per heavy atom. The number of likely N-dealkylation sites (N-methyl/N-ethyl adjacent to an activating group) is 1. The monoisotopic (exact) mass is 555 g/mol. The van der Waals surface area contributed by atoms with Gasteiger partial charge in [0.05, 0.1) is 30.6 Å². The molecule has 11 heteroatoms. The van der Waals surface area contributed by atoms with Crippen molar-refractivity contribution in [3.63, 3.8) is 0 Å². The van der Waals surface area contributed by atoms with Crippen molar-refractivity contribution in [2.45, 2.75) is 37.8 Å². The number of para-hydroxylation sites is 1. The number of amides is 2. The average Bonchev–Trinajstić information content (AvgIpc) is 3.74. The number of hydrogen-bond acceptors (Lipinski definition) is 7. The highest BCUT2D eigenvalue weighted by Gasteiger charge is 2.39. The lowest BCUT2D eigenvalue weighted by Crippen LogP contribution is -2.50. The number of likely N-dealkylation sites (tertiary alicyclic amines) is 1. The fourth-order valence-electron chi connectivity index (χ4n) is 5.33. The van der Waals surface area contributed by atoms with E-state index in [-0.39, 0.29) is 36.4 Å². The molecule has 0 bridgehead atoms. The molecule has 1 saturated heterocycles. The summed E-state index contributed by atoms with van der Waals surface area (Å²) in [7, 11) is 1.86. The summed E-state index contributed by atoms with van der Waals surface area (Å²) in [6.45, 7) is 1.31. The molecule has 6 rings (SSSR count). The molecule has 2 aromatic heterocycles. The van der Waals surface area contributed by atoms with Gasteiger partial charge in [-0.2, -0.15) is 5.10 Å². The Labute approximate surface area is 237 Å². The van der Waals surface area contributed by atoms with E-state index in [1.54, 1.807) is 28.9 Å². The number of hydrogen-bond donors (Lipinski definition) is 2. The van der Waals surface area contributed by atoms with Crippen LogP contribution in [0.15, 0.2) is 71.9 Å². The highest BCUT2D eigenvalue weighted by Crippen LogP contribution is 2.33. The van der Waals surface area contributed by atoms with Gasteiger partial charge < -0.3 is 20.2 Å². The summed E-state index contributed by atoms with van der Waals surface area (Å²) in [6, 6.07) is 16.8. The first kappa shape index (κ1) is 26.7. The molecular weight excluding hydrogens is 522 g/mol. The predicted molar refractivity (Wildman–Crippen MR) is 155 cm³/mol. The fourth-order valence-corrected chi connectivity index (χ4v) is 5.33. The number of carbonyl (C=O) groups is 2. The molecule has 0 unspecified atom stereocenters. The quantitative estimate of drug-likeness (QED) is 0.342. The summed E-state index contributed by atoms with van der Waals surface area (Å²) in [5.41, 5.74) is 1.34. The summed E-state index contributed by atoms with van der Waals surface area (Å²) in [6.07, 6.45) is 5.68. The van der Waals surface area contributed by atoms with E-state index < -0.39 is 5.60 Å². The standard InChI is InChI=1S/C30H33N7O4/c1-34(23-5-3-2-4-6-23)18-26(38)33-22-9-11-24(12-10-22)37-27-25(17-32-37)29(40)36(20-31-27)19-30(41)13-15-35(16-14-30)28(39)21-7-8-21/h2-6,9-12,17,20-21,41H,7-8,13-16,18-19H2,1H3,(H,33,38). The lowest BCUT2D eigenvalue weighted by molar-refractivity contribution is -0.137. The minimum absolute atomic E-state index is 0.110. The van der Waals surface area contributed by atoms with Gasteiger partial charge in [-0.25, -0.2) is 9.67 Å². The van der Waals surface area contributed by atoms with Gasteiger partial charge in [0.25, 0.3) is 5.56 Å². The van der Waals surface area contributed by atoms with Gasteiger partial charge in [0.2, 0.25) is 11.8 Å². The summed E-state index contributed by atoms with van der Waals surface area (Å²) in [4.78, 5) is 46.4. The van der Waals surface area contributed by atoms with Crippen molar-refractivity contribution in [3.05, 3.63) is 77.5 Å². The SMILES string of the molecule is CN(CC(=O)Nc1ccc(-n2ncc3c(=O)n(CC4(O)CCN(C(=O)C5CC5)CC4)cnc32)cc1)c1ccccc1. The second-order valence-corrected chi connectivity index (χ2v) is 11.1. The molecule has 3 heterocycles. The molecule has 0 atom stereocenters. The van der Waals surface area contributed by atoms with E-state index >= 15 is 0 Å². The zero-order valence-corrected chi connectivity index (χ0v) is 22.9. The van der Waals surface area contributed by atoms with Crippen molar-refractivity contribution in [1.82, 2.24) is 24.2 Å². The van der Waals surface area contributed by atoms with E-state index in [1.807, 2.05) is 47.2 Å². The number of aromatic nitrogens is 4. The van der Waals surface area contributed by atoms with Gasteiger partial charge in [-0.15, -0.1) is 0 Å². The minimum Gasteiger partial charge on any atom is -0.388 e. The number of carbonyl (C=O) groups excluding carboxylic acids is 2. The van der Waals surface area contributed by atoms with Crippen LogP contribution >= 0.6 is 0 Å². The van der Waals surface area contributed by atoms with E-state index in [4.69, 9.17) is 0 Å². The highest BCUT2D eigenvalue weighted by molar-refractivity contribution is 5.94. The lowest BCUT2D eigenvalue weighted by atomic mass is 9.91. The maximum atomic E-state index is 13.3. The molecule has 1 saturated carbocycles. The second kappa shape index (κ2) is 10.8. The van der Waals surface area contributed by atoms with E-state index in [2.05, 4.69) is 15.4 Å². The molecule has 2 aromatic carbocycles. The van der Waals surface area contributed by atoms with Crippen LogP contribution in [-0.4, -0.2) is 73.4 Å². The molecule has 2 aliphatic rings. The van der Waals surface area contributed by atoms with Crippen LogP contribution in [0, 0.1) is 5.92 Å². The van der Waals surface area contributed by atoms with Gasteiger partial charge in [-0.3, -0.25) is 19.0 Å². The number of anilines is 2. The zero-order valence-electron chi connectivity index (χ0n) is 22.9. The topological polar surface area (TPSA) is 126 Å². The highest BCUT2D eigenvalue weighted by atomic mass is 16.3. The third-order valence-corrected chi connectivity index (χ3v) is 7.92. The molecule has 11 nitrogen and oxygen atoms in total. The summed E-state index contributed by atoms with van der Waals surface area (Å²) in [5, 5.41) is 18.8. The Balaban J connectivity index is 1.11. The Kier molecular flexibility index (Phi) is 7.04. The molecule has 41 heavy (non-hydrogen) atoms. The van der Waals surface area contributed by atoms with Crippen LogP contribution in [0.2, 0.25) is 0 Å². The minimum atomic E-state index is -1.08. The third kappa shape index (κ3) is 5.71. The van der Waals surface area contributed by atoms with Gasteiger partial charge in [0.1, 0.15) is 11.7 Å². The fraction of sp³-hybridized carbons (Fsp3) is 0.367. The molecule has 2 amide bonds. The number of nitrogens with one attached hydrogen (secondary N) is 1. The Hall–Kier alpha value is -4.51. The third-order valence-electron chi connectivity index (χ3n) is 7.92. The summed E-state index contributed by atoms with van der Waals surface area (Å²) >= 11 is 0. The molecule has 1 aliphatic heterocycles. The molecule has 212 valence electrons. The molecule has 1 aliphatic carbocycles. The predicted octanol–water partition coefficient (Wildman–Crippen LogP) is 2.42. The van der Waals surface area contributed by atoms with Crippen LogP contribution in [0.4, 0.5) is 11.4 Å². The molecule has 0 spiro atoms. The van der Waals surface area contributed by atoms with E-state index in [1.165, 1.54) is 17.1 Å². The first-order valence-electron chi connectivity index (χ1n) is 13.9. The van der Waals surface area contributed by atoms with Gasteiger partial charge in [-0.05, 0) is 62.1 Å². The normalized spacial score (nSPS) is 16.5. The van der Waals surface area contributed by atoms with E-state index in [9.17, 15) is 19.5 Å². The first-order valence-corrected chi connectivity index (χ1v) is 13.9.